The molecule has 0 atom stereocenters. The van der Waals surface area contributed by atoms with E-state index in [-0.39, 0.29) is 5.89 Å². The van der Waals surface area contributed by atoms with Gasteiger partial charge in [-0.2, -0.15) is 10.1 Å². The highest BCUT2D eigenvalue weighted by Gasteiger charge is 2.19. The summed E-state index contributed by atoms with van der Waals surface area (Å²) >= 11 is 0. The first-order valence-corrected chi connectivity index (χ1v) is 9.54. The Morgan fingerprint density at radius 2 is 1.50 bits per heavy atom. The van der Waals surface area contributed by atoms with Crippen molar-refractivity contribution in [2.75, 3.05) is 35.5 Å². The summed E-state index contributed by atoms with van der Waals surface area (Å²) in [5.74, 6) is 3.41. The molecule has 10 heteroatoms. The number of hydrogen-bond acceptors (Lipinski definition) is 9. The predicted molar refractivity (Wildman–Crippen MR) is 116 cm³/mol. The average molecular weight is 438 g/mol. The van der Waals surface area contributed by atoms with Gasteiger partial charge >= 0.3 is 0 Å². The summed E-state index contributed by atoms with van der Waals surface area (Å²) in [4.78, 5) is 4.48. The lowest BCUT2D eigenvalue weighted by atomic mass is 10.1. The van der Waals surface area contributed by atoms with E-state index in [1.54, 1.807) is 59.8 Å². The summed E-state index contributed by atoms with van der Waals surface area (Å²) in [5.41, 5.74) is 2.65. The van der Waals surface area contributed by atoms with E-state index < -0.39 is 0 Å². The molecule has 0 amide bonds. The maximum Gasteiger partial charge on any atom is 0.276 e. The van der Waals surface area contributed by atoms with Crippen molar-refractivity contribution in [1.82, 2.24) is 20.3 Å². The Morgan fingerprint density at radius 1 is 0.781 bits per heavy atom. The molecule has 10 nitrogen and oxygen atoms in total. The standard InChI is InChI=1S/C22H22N4O6/c1-27-13-6-7-14(17(10-13)28-2)15-11-16(25-24-15)22-23-21(26-32-22)12-8-18(29-3)20(31-5)19(9-12)30-4/h6-11H,1-5H3,(H,24,25). The predicted octanol–water partition coefficient (Wildman–Crippen LogP) is 3.84. The van der Waals surface area contributed by atoms with Crippen LogP contribution >= 0.6 is 0 Å². The Balaban J connectivity index is 1.67. The zero-order valence-electron chi connectivity index (χ0n) is 18.3. The average Bonchev–Trinajstić information content (AvgIpc) is 3.52. The summed E-state index contributed by atoms with van der Waals surface area (Å²) in [6.07, 6.45) is 0. The van der Waals surface area contributed by atoms with E-state index in [0.717, 1.165) is 5.56 Å². The first-order chi connectivity index (χ1) is 15.6. The molecular weight excluding hydrogens is 416 g/mol. The molecule has 2 aromatic carbocycles. The van der Waals surface area contributed by atoms with Crippen molar-refractivity contribution in [2.45, 2.75) is 0 Å². The molecule has 0 bridgehead atoms. The second kappa shape index (κ2) is 8.88. The van der Waals surface area contributed by atoms with Crippen LogP contribution in [0.2, 0.25) is 0 Å². The minimum Gasteiger partial charge on any atom is -0.497 e. The number of nitrogens with one attached hydrogen (secondary N) is 1. The number of ether oxygens (including phenoxy) is 5. The molecule has 166 valence electrons. The van der Waals surface area contributed by atoms with Gasteiger partial charge in [-0.15, -0.1) is 0 Å². The van der Waals surface area contributed by atoms with E-state index >= 15 is 0 Å². The maximum absolute atomic E-state index is 5.46. The van der Waals surface area contributed by atoms with Crippen molar-refractivity contribution in [3.8, 4) is 63.0 Å². The lowest BCUT2D eigenvalue weighted by Crippen LogP contribution is -1.96. The molecule has 32 heavy (non-hydrogen) atoms. The molecule has 0 saturated carbocycles. The number of nitrogens with zero attached hydrogens (tertiary/aromatic N) is 3. The molecule has 0 aliphatic heterocycles. The zero-order valence-corrected chi connectivity index (χ0v) is 18.3. The molecule has 1 N–H and O–H groups in total. The van der Waals surface area contributed by atoms with Crippen molar-refractivity contribution >= 4 is 0 Å². The molecule has 0 radical (unpaired) electrons. The SMILES string of the molecule is COc1ccc(-c2cc(-c3nc(-c4cc(OC)c(OC)c(OC)c4)no3)[nH]n2)c(OC)c1. The van der Waals surface area contributed by atoms with Crippen molar-refractivity contribution in [2.24, 2.45) is 0 Å². The van der Waals surface area contributed by atoms with Gasteiger partial charge in [0.05, 0.1) is 41.2 Å². The van der Waals surface area contributed by atoms with E-state index in [1.165, 1.54) is 0 Å². The van der Waals surface area contributed by atoms with Gasteiger partial charge in [0.2, 0.25) is 11.6 Å². The van der Waals surface area contributed by atoms with Gasteiger partial charge in [0.25, 0.3) is 5.89 Å². The topological polar surface area (TPSA) is 114 Å². The highest BCUT2D eigenvalue weighted by atomic mass is 16.5. The van der Waals surface area contributed by atoms with E-state index in [0.29, 0.717) is 51.5 Å². The number of aromatic amines is 1. The Bertz CT molecular complexity index is 1210. The Labute approximate surface area is 184 Å². The molecule has 0 spiro atoms. The number of rotatable bonds is 8. The fourth-order valence-electron chi connectivity index (χ4n) is 3.24. The van der Waals surface area contributed by atoms with Gasteiger partial charge in [0.15, 0.2) is 11.5 Å². The fraction of sp³-hybridized carbons (Fsp3) is 0.227. The lowest BCUT2D eigenvalue weighted by Gasteiger charge is -2.12. The van der Waals surface area contributed by atoms with E-state index in [2.05, 4.69) is 20.3 Å². The second-order valence-electron chi connectivity index (χ2n) is 6.57. The fourth-order valence-corrected chi connectivity index (χ4v) is 3.24. The van der Waals surface area contributed by atoms with Gasteiger partial charge in [0, 0.05) is 17.2 Å². The molecule has 0 aliphatic rings. The van der Waals surface area contributed by atoms with Crippen molar-refractivity contribution in [1.29, 1.82) is 0 Å². The third-order valence-electron chi connectivity index (χ3n) is 4.84. The van der Waals surface area contributed by atoms with Crippen molar-refractivity contribution < 1.29 is 28.2 Å². The minimum absolute atomic E-state index is 0.278. The van der Waals surface area contributed by atoms with Crippen LogP contribution in [0, 0.1) is 0 Å². The molecule has 2 heterocycles. The largest absolute Gasteiger partial charge is 0.497 e. The van der Waals surface area contributed by atoms with Crippen LogP contribution in [0.5, 0.6) is 28.7 Å². The Morgan fingerprint density at radius 3 is 2.12 bits per heavy atom. The first kappa shape index (κ1) is 21.0. The number of hydrogen-bond donors (Lipinski definition) is 1. The lowest BCUT2D eigenvalue weighted by molar-refractivity contribution is 0.324. The van der Waals surface area contributed by atoms with Crippen LogP contribution in [0.25, 0.3) is 34.2 Å². The quantitative estimate of drug-likeness (QED) is 0.438. The molecule has 4 aromatic rings. The number of aromatic nitrogens is 4. The second-order valence-corrected chi connectivity index (χ2v) is 6.57. The van der Waals surface area contributed by atoms with Crippen molar-refractivity contribution in [3.05, 3.63) is 36.4 Å². The van der Waals surface area contributed by atoms with Gasteiger partial charge in [-0.25, -0.2) is 0 Å². The minimum atomic E-state index is 0.278. The first-order valence-electron chi connectivity index (χ1n) is 9.54. The smallest absolute Gasteiger partial charge is 0.276 e. The number of benzene rings is 2. The van der Waals surface area contributed by atoms with E-state index in [1.807, 2.05) is 12.1 Å². The monoisotopic (exact) mass is 438 g/mol. The molecule has 0 aliphatic carbocycles. The van der Waals surface area contributed by atoms with Crippen LogP contribution in [0.1, 0.15) is 0 Å². The summed E-state index contributed by atoms with van der Waals surface area (Å²) in [5, 5.41) is 11.4. The van der Waals surface area contributed by atoms with Crippen LogP contribution in [0.4, 0.5) is 0 Å². The molecule has 0 fully saturated rings. The van der Waals surface area contributed by atoms with Gasteiger partial charge < -0.3 is 28.2 Å². The normalized spacial score (nSPS) is 10.7. The Hall–Kier alpha value is -4.21. The van der Waals surface area contributed by atoms with Gasteiger partial charge in [-0.1, -0.05) is 5.16 Å². The third-order valence-corrected chi connectivity index (χ3v) is 4.84. The summed E-state index contributed by atoms with van der Waals surface area (Å²) in [6, 6.07) is 10.8. The molecule has 2 aromatic heterocycles. The summed E-state index contributed by atoms with van der Waals surface area (Å²) in [6.45, 7) is 0. The maximum atomic E-state index is 5.46. The summed E-state index contributed by atoms with van der Waals surface area (Å²) in [7, 11) is 7.82. The van der Waals surface area contributed by atoms with Gasteiger partial charge in [0.1, 0.15) is 17.2 Å². The van der Waals surface area contributed by atoms with Crippen LogP contribution in [0.15, 0.2) is 40.9 Å². The van der Waals surface area contributed by atoms with Crippen LogP contribution in [-0.4, -0.2) is 55.9 Å². The molecular formula is C22H22N4O6. The van der Waals surface area contributed by atoms with Crippen LogP contribution in [0.3, 0.4) is 0 Å². The molecule has 4 rings (SSSR count). The van der Waals surface area contributed by atoms with Crippen LogP contribution in [-0.2, 0) is 0 Å². The van der Waals surface area contributed by atoms with Crippen molar-refractivity contribution in [3.63, 3.8) is 0 Å². The summed E-state index contributed by atoms with van der Waals surface area (Å²) < 4.78 is 32.3. The Kier molecular flexibility index (Phi) is 5.84. The van der Waals surface area contributed by atoms with E-state index in [4.69, 9.17) is 28.2 Å². The van der Waals surface area contributed by atoms with Gasteiger partial charge in [-0.3, -0.25) is 5.10 Å². The third kappa shape index (κ3) is 3.78. The molecule has 0 unspecified atom stereocenters. The van der Waals surface area contributed by atoms with Crippen LogP contribution < -0.4 is 23.7 Å². The van der Waals surface area contributed by atoms with Gasteiger partial charge in [-0.05, 0) is 30.3 Å². The highest BCUT2D eigenvalue weighted by molar-refractivity contribution is 5.72. The zero-order chi connectivity index (χ0) is 22.7. The number of H-pyrrole nitrogens is 1. The molecule has 0 saturated heterocycles. The van der Waals surface area contributed by atoms with E-state index in [9.17, 15) is 0 Å². The highest BCUT2D eigenvalue weighted by Crippen LogP contribution is 2.41. The number of methoxy groups -OCH3 is 5.